The molecule has 0 spiro atoms. The number of amides is 1. The van der Waals surface area contributed by atoms with Gasteiger partial charge in [0.05, 0.1) is 11.1 Å². The zero-order chi connectivity index (χ0) is 23.0. The third-order valence-electron chi connectivity index (χ3n) is 5.02. The molecular weight excluding hydrogens is 411 g/mol. The number of hydrazine groups is 1. The van der Waals surface area contributed by atoms with Crippen LogP contribution in [0, 0.1) is 11.3 Å². The summed E-state index contributed by atoms with van der Waals surface area (Å²) in [6.45, 7) is 9.53. The molecule has 0 radical (unpaired) electrons. The Morgan fingerprint density at radius 3 is 2.35 bits per heavy atom. The van der Waals surface area contributed by atoms with Crippen molar-refractivity contribution in [2.75, 3.05) is 31.1 Å². The molecule has 0 bridgehead atoms. The molecule has 2 heterocycles. The molecule has 1 amide bonds. The van der Waals surface area contributed by atoms with E-state index in [1.54, 1.807) is 30.3 Å². The number of aromatic nitrogens is 1. The molecule has 1 aliphatic rings. The molecule has 1 aromatic carbocycles. The molecule has 168 valence electrons. The van der Waals surface area contributed by atoms with Crippen molar-refractivity contribution in [3.05, 3.63) is 29.3 Å². The smallest absolute Gasteiger partial charge is 0.422 e. The first-order valence-electron chi connectivity index (χ1n) is 10.1. The second kappa shape index (κ2) is 8.30. The van der Waals surface area contributed by atoms with Gasteiger partial charge in [0.2, 0.25) is 0 Å². The van der Waals surface area contributed by atoms with E-state index >= 15 is 0 Å². The van der Waals surface area contributed by atoms with E-state index in [2.05, 4.69) is 11.5 Å². The highest BCUT2D eigenvalue weighted by Crippen LogP contribution is 2.37. The van der Waals surface area contributed by atoms with Gasteiger partial charge in [-0.3, -0.25) is 5.43 Å². The van der Waals surface area contributed by atoms with Gasteiger partial charge in [0.15, 0.2) is 0 Å². The molecule has 0 unspecified atom stereocenters. The standard InChI is InChI=1S/C21H26F3N5O2/c1-5-29-17-12-14(21(22,23)24)6-7-15(17)16(13-25)18(29)27-8-10-28(11-9-27)26-19(30)31-20(2,3)4/h6-7,12H,5,8-11H2,1-4H3,(H,26,30). The van der Waals surface area contributed by atoms with Gasteiger partial charge in [0.1, 0.15) is 23.1 Å². The van der Waals surface area contributed by atoms with E-state index < -0.39 is 23.4 Å². The number of nitrogens with one attached hydrogen (secondary N) is 1. The lowest BCUT2D eigenvalue weighted by Gasteiger charge is -2.36. The third kappa shape index (κ3) is 4.88. The summed E-state index contributed by atoms with van der Waals surface area (Å²) in [5.41, 5.74) is 2.10. The zero-order valence-electron chi connectivity index (χ0n) is 18.0. The Morgan fingerprint density at radius 2 is 1.84 bits per heavy atom. The lowest BCUT2D eigenvalue weighted by molar-refractivity contribution is -0.137. The number of nitrogens with zero attached hydrogens (tertiary/aromatic N) is 4. The number of aryl methyl sites for hydroxylation is 1. The van der Waals surface area contributed by atoms with Crippen LogP contribution in [-0.4, -0.2) is 47.4 Å². The van der Waals surface area contributed by atoms with E-state index in [0.717, 1.165) is 12.1 Å². The highest BCUT2D eigenvalue weighted by Gasteiger charge is 2.32. The topological polar surface area (TPSA) is 73.5 Å². The molecule has 0 aliphatic carbocycles. The Hall–Kier alpha value is -2.93. The van der Waals surface area contributed by atoms with Crippen molar-refractivity contribution in [1.82, 2.24) is 15.0 Å². The molecule has 1 N–H and O–H groups in total. The average Bonchev–Trinajstić information content (AvgIpc) is 2.99. The quantitative estimate of drug-likeness (QED) is 0.782. The van der Waals surface area contributed by atoms with Gasteiger partial charge in [0, 0.05) is 38.1 Å². The van der Waals surface area contributed by atoms with E-state index in [0.29, 0.717) is 55.0 Å². The van der Waals surface area contributed by atoms with Crippen molar-refractivity contribution in [2.24, 2.45) is 0 Å². The fraction of sp³-hybridized carbons (Fsp3) is 0.524. The molecule has 1 aromatic heterocycles. The second-order valence-electron chi connectivity index (χ2n) is 8.37. The molecule has 2 aromatic rings. The number of carbonyl (C=O) groups excluding carboxylic acids is 1. The molecule has 1 fully saturated rings. The first-order chi connectivity index (χ1) is 14.4. The molecule has 0 saturated carbocycles. The minimum absolute atomic E-state index is 0.360. The first-order valence-corrected chi connectivity index (χ1v) is 10.1. The van der Waals surface area contributed by atoms with Crippen LogP contribution in [0.5, 0.6) is 0 Å². The Labute approximate surface area is 178 Å². The average molecular weight is 437 g/mol. The number of hydrogen-bond acceptors (Lipinski definition) is 5. The SMILES string of the molecule is CCn1c(N2CCN(NC(=O)OC(C)(C)C)CC2)c(C#N)c2ccc(C(F)(F)F)cc21. The van der Waals surface area contributed by atoms with Crippen molar-refractivity contribution in [3.63, 3.8) is 0 Å². The lowest BCUT2D eigenvalue weighted by Crippen LogP contribution is -2.54. The summed E-state index contributed by atoms with van der Waals surface area (Å²) < 4.78 is 46.6. The number of ether oxygens (including phenoxy) is 1. The van der Waals surface area contributed by atoms with Gasteiger partial charge in [0.25, 0.3) is 0 Å². The number of nitriles is 1. The van der Waals surface area contributed by atoms with Crippen molar-refractivity contribution in [2.45, 2.75) is 46.0 Å². The molecule has 10 heteroatoms. The summed E-state index contributed by atoms with van der Waals surface area (Å²) in [7, 11) is 0. The molecule has 1 aliphatic heterocycles. The van der Waals surface area contributed by atoms with Crippen LogP contribution in [0.1, 0.15) is 38.8 Å². The lowest BCUT2D eigenvalue weighted by atomic mass is 10.1. The van der Waals surface area contributed by atoms with Crippen molar-refractivity contribution >= 4 is 22.8 Å². The molecule has 7 nitrogen and oxygen atoms in total. The number of alkyl halides is 3. The number of fused-ring (bicyclic) bond motifs is 1. The van der Waals surface area contributed by atoms with Crippen LogP contribution in [0.15, 0.2) is 18.2 Å². The minimum Gasteiger partial charge on any atom is -0.443 e. The normalized spacial score (nSPS) is 15.7. The van der Waals surface area contributed by atoms with Gasteiger partial charge >= 0.3 is 12.3 Å². The van der Waals surface area contributed by atoms with Crippen molar-refractivity contribution < 1.29 is 22.7 Å². The molecular formula is C21H26F3N5O2. The largest absolute Gasteiger partial charge is 0.443 e. The van der Waals surface area contributed by atoms with Crippen molar-refractivity contribution in [1.29, 1.82) is 5.26 Å². The monoisotopic (exact) mass is 437 g/mol. The predicted molar refractivity (Wildman–Crippen MR) is 110 cm³/mol. The van der Waals surface area contributed by atoms with Gasteiger partial charge in [-0.25, -0.2) is 9.80 Å². The zero-order valence-corrected chi connectivity index (χ0v) is 18.0. The van der Waals surface area contributed by atoms with Crippen LogP contribution >= 0.6 is 0 Å². The molecule has 0 atom stereocenters. The van der Waals surface area contributed by atoms with Crippen LogP contribution in [0.4, 0.5) is 23.8 Å². The van der Waals surface area contributed by atoms with Gasteiger partial charge < -0.3 is 14.2 Å². The van der Waals surface area contributed by atoms with E-state index in [9.17, 15) is 23.2 Å². The number of piperazine rings is 1. The fourth-order valence-electron chi connectivity index (χ4n) is 3.73. The van der Waals surface area contributed by atoms with E-state index in [1.165, 1.54) is 6.07 Å². The van der Waals surface area contributed by atoms with E-state index in [1.807, 2.05) is 11.8 Å². The Bertz CT molecular complexity index is 1010. The summed E-state index contributed by atoms with van der Waals surface area (Å²) in [5.74, 6) is 0.608. The molecule has 31 heavy (non-hydrogen) atoms. The van der Waals surface area contributed by atoms with Gasteiger partial charge in [-0.1, -0.05) is 6.07 Å². The number of anilines is 1. The summed E-state index contributed by atoms with van der Waals surface area (Å²) in [6.07, 6.45) is -5.00. The summed E-state index contributed by atoms with van der Waals surface area (Å²) in [6, 6.07) is 5.65. The number of hydrogen-bond donors (Lipinski definition) is 1. The van der Waals surface area contributed by atoms with Crippen LogP contribution < -0.4 is 10.3 Å². The van der Waals surface area contributed by atoms with E-state index in [4.69, 9.17) is 4.74 Å². The number of benzene rings is 1. The minimum atomic E-state index is -4.46. The molecule has 1 saturated heterocycles. The van der Waals surface area contributed by atoms with Gasteiger partial charge in [-0.15, -0.1) is 0 Å². The van der Waals surface area contributed by atoms with Crippen LogP contribution in [-0.2, 0) is 17.5 Å². The number of rotatable bonds is 3. The highest BCUT2D eigenvalue weighted by molar-refractivity contribution is 5.93. The summed E-state index contributed by atoms with van der Waals surface area (Å²) in [5, 5.41) is 12.0. The molecule has 3 rings (SSSR count). The maximum absolute atomic E-state index is 13.2. The fourth-order valence-corrected chi connectivity index (χ4v) is 3.73. The predicted octanol–water partition coefficient (Wildman–Crippen LogP) is 4.11. The summed E-state index contributed by atoms with van der Waals surface area (Å²) in [4.78, 5) is 14.0. The van der Waals surface area contributed by atoms with Gasteiger partial charge in [-0.2, -0.15) is 18.4 Å². The van der Waals surface area contributed by atoms with Crippen LogP contribution in [0.3, 0.4) is 0 Å². The maximum Gasteiger partial charge on any atom is 0.422 e. The third-order valence-corrected chi connectivity index (χ3v) is 5.02. The Morgan fingerprint density at radius 1 is 1.19 bits per heavy atom. The number of carbonyl (C=O) groups is 1. The first kappa shape index (κ1) is 22.7. The Balaban J connectivity index is 1.85. The van der Waals surface area contributed by atoms with Gasteiger partial charge in [-0.05, 0) is 39.8 Å². The van der Waals surface area contributed by atoms with E-state index in [-0.39, 0.29) is 0 Å². The number of halogens is 3. The highest BCUT2D eigenvalue weighted by atomic mass is 19.4. The van der Waals surface area contributed by atoms with Crippen LogP contribution in [0.25, 0.3) is 10.9 Å². The maximum atomic E-state index is 13.2. The second-order valence-corrected chi connectivity index (χ2v) is 8.37. The van der Waals surface area contributed by atoms with Crippen LogP contribution in [0.2, 0.25) is 0 Å². The van der Waals surface area contributed by atoms with Crippen molar-refractivity contribution in [3.8, 4) is 6.07 Å². The summed E-state index contributed by atoms with van der Waals surface area (Å²) >= 11 is 0. The Kier molecular flexibility index (Phi) is 6.09.